The van der Waals surface area contributed by atoms with Crippen molar-refractivity contribution in [2.24, 2.45) is 0 Å². The second kappa shape index (κ2) is 6.16. The van der Waals surface area contributed by atoms with Crippen LogP contribution in [0.2, 0.25) is 5.02 Å². The Balaban J connectivity index is 2.35. The van der Waals surface area contributed by atoms with Crippen LogP contribution in [0.25, 0.3) is 12.2 Å². The van der Waals surface area contributed by atoms with E-state index in [4.69, 9.17) is 16.7 Å². The van der Waals surface area contributed by atoms with Crippen molar-refractivity contribution < 1.29 is 9.90 Å². The molecule has 1 heterocycles. The van der Waals surface area contributed by atoms with E-state index in [1.165, 1.54) is 4.68 Å². The van der Waals surface area contributed by atoms with Gasteiger partial charge < -0.3 is 5.11 Å². The lowest BCUT2D eigenvalue weighted by Gasteiger charge is -1.99. The average Bonchev–Trinajstić information content (AvgIpc) is 2.82. The van der Waals surface area contributed by atoms with Crippen molar-refractivity contribution in [1.82, 2.24) is 15.0 Å². The topological polar surface area (TPSA) is 68.0 Å². The minimum absolute atomic E-state index is 0.0861. The molecule has 0 aliphatic heterocycles. The second-order valence-corrected chi connectivity index (χ2v) is 4.42. The molecule has 6 heteroatoms. The van der Waals surface area contributed by atoms with Gasteiger partial charge in [0.05, 0.1) is 12.2 Å². The first-order valence-corrected chi connectivity index (χ1v) is 6.21. The molecule has 2 rings (SSSR count). The number of benzene rings is 1. The van der Waals surface area contributed by atoms with Crippen molar-refractivity contribution in [2.45, 2.75) is 6.54 Å². The van der Waals surface area contributed by atoms with Gasteiger partial charge >= 0.3 is 5.97 Å². The number of carboxylic acids is 1. The zero-order valence-electron chi connectivity index (χ0n) is 10.5. The normalized spacial score (nSPS) is 10.8. The third-order valence-electron chi connectivity index (χ3n) is 2.58. The first-order valence-electron chi connectivity index (χ1n) is 5.83. The highest BCUT2D eigenvalue weighted by molar-refractivity contribution is 6.30. The Labute approximate surface area is 120 Å². The third kappa shape index (κ3) is 3.13. The molecule has 0 saturated heterocycles. The van der Waals surface area contributed by atoms with E-state index < -0.39 is 5.97 Å². The predicted octanol–water partition coefficient (Wildman–Crippen LogP) is 2.99. The van der Waals surface area contributed by atoms with Crippen molar-refractivity contribution in [2.75, 3.05) is 0 Å². The summed E-state index contributed by atoms with van der Waals surface area (Å²) >= 11 is 5.81. The minimum atomic E-state index is -1.11. The summed E-state index contributed by atoms with van der Waals surface area (Å²) in [4.78, 5) is 11.1. The molecule has 0 atom stereocenters. The van der Waals surface area contributed by atoms with Crippen LogP contribution < -0.4 is 0 Å². The molecule has 102 valence electrons. The predicted molar refractivity (Wildman–Crippen MR) is 77.6 cm³/mol. The van der Waals surface area contributed by atoms with Crippen LogP contribution in [0.4, 0.5) is 0 Å². The van der Waals surface area contributed by atoms with E-state index in [0.717, 1.165) is 5.56 Å². The van der Waals surface area contributed by atoms with Gasteiger partial charge in [-0.05, 0) is 23.8 Å². The Morgan fingerprint density at radius 1 is 1.35 bits per heavy atom. The number of carbonyl (C=O) groups is 1. The highest BCUT2D eigenvalue weighted by Crippen LogP contribution is 2.14. The second-order valence-electron chi connectivity index (χ2n) is 3.98. The summed E-state index contributed by atoms with van der Waals surface area (Å²) in [6.07, 6.45) is 5.07. The van der Waals surface area contributed by atoms with Crippen LogP contribution in [0.5, 0.6) is 0 Å². The summed E-state index contributed by atoms with van der Waals surface area (Å²) in [6, 6.07) is 7.19. The summed E-state index contributed by atoms with van der Waals surface area (Å²) < 4.78 is 1.48. The highest BCUT2D eigenvalue weighted by atomic mass is 35.5. The number of carboxylic acid groups (broad SMARTS) is 1. The fraction of sp³-hybridized carbons (Fsp3) is 0.0714. The summed E-state index contributed by atoms with van der Waals surface area (Å²) in [5, 5.41) is 17.2. The molecule has 2 aromatic rings. The quantitative estimate of drug-likeness (QED) is 0.859. The summed E-state index contributed by atoms with van der Waals surface area (Å²) in [5.74, 6) is -1.11. The van der Waals surface area contributed by atoms with Crippen LogP contribution in [-0.2, 0) is 6.54 Å². The number of nitrogens with zero attached hydrogens (tertiary/aromatic N) is 3. The molecule has 5 nitrogen and oxygen atoms in total. The van der Waals surface area contributed by atoms with Crippen LogP contribution in [0.3, 0.4) is 0 Å². The van der Waals surface area contributed by atoms with Gasteiger partial charge in [0, 0.05) is 5.02 Å². The maximum Gasteiger partial charge on any atom is 0.358 e. The zero-order chi connectivity index (χ0) is 14.5. The van der Waals surface area contributed by atoms with Crippen molar-refractivity contribution in [3.8, 4) is 0 Å². The van der Waals surface area contributed by atoms with E-state index in [9.17, 15) is 4.79 Å². The molecule has 0 fully saturated rings. The molecule has 0 bridgehead atoms. The Kier molecular flexibility index (Phi) is 4.32. The van der Waals surface area contributed by atoms with Gasteiger partial charge in [0.2, 0.25) is 0 Å². The number of aromatic carboxylic acids is 1. The fourth-order valence-electron chi connectivity index (χ4n) is 1.64. The van der Waals surface area contributed by atoms with Crippen LogP contribution in [0, 0.1) is 0 Å². The number of rotatable bonds is 5. The monoisotopic (exact) mass is 289 g/mol. The summed E-state index contributed by atoms with van der Waals surface area (Å²) in [5.41, 5.74) is 1.24. The van der Waals surface area contributed by atoms with Crippen molar-refractivity contribution in [3.05, 3.63) is 58.9 Å². The van der Waals surface area contributed by atoms with E-state index in [1.54, 1.807) is 30.4 Å². The van der Waals surface area contributed by atoms with Gasteiger partial charge in [-0.2, -0.15) is 0 Å². The van der Waals surface area contributed by atoms with Crippen LogP contribution in [-0.4, -0.2) is 26.1 Å². The number of halogens is 1. The van der Waals surface area contributed by atoms with Gasteiger partial charge in [-0.15, -0.1) is 11.7 Å². The molecule has 0 aliphatic rings. The van der Waals surface area contributed by atoms with E-state index in [1.807, 2.05) is 12.1 Å². The standard InChI is InChI=1S/C14H12ClN3O2/c1-2-9-18-12(13(14(19)20)16-17-18)8-5-10-3-6-11(15)7-4-10/h2-8H,1,9H2,(H,19,20)/b8-5+. The molecule has 20 heavy (non-hydrogen) atoms. The number of hydrogen-bond donors (Lipinski definition) is 1. The molecule has 1 aromatic heterocycles. The van der Waals surface area contributed by atoms with E-state index in [0.29, 0.717) is 17.3 Å². The van der Waals surface area contributed by atoms with Gasteiger partial charge in [-0.1, -0.05) is 41.1 Å². The summed E-state index contributed by atoms with van der Waals surface area (Å²) in [7, 11) is 0. The largest absolute Gasteiger partial charge is 0.476 e. The molecular weight excluding hydrogens is 278 g/mol. The fourth-order valence-corrected chi connectivity index (χ4v) is 1.77. The van der Waals surface area contributed by atoms with Crippen LogP contribution in [0.1, 0.15) is 21.7 Å². The van der Waals surface area contributed by atoms with Gasteiger partial charge in [0.15, 0.2) is 5.69 Å². The number of hydrogen-bond acceptors (Lipinski definition) is 3. The Morgan fingerprint density at radius 3 is 2.65 bits per heavy atom. The lowest BCUT2D eigenvalue weighted by atomic mass is 10.2. The number of allylic oxidation sites excluding steroid dienone is 1. The molecular formula is C14H12ClN3O2. The molecule has 0 spiro atoms. The van der Waals surface area contributed by atoms with Crippen molar-refractivity contribution in [3.63, 3.8) is 0 Å². The van der Waals surface area contributed by atoms with Crippen LogP contribution in [0.15, 0.2) is 36.9 Å². The van der Waals surface area contributed by atoms with E-state index >= 15 is 0 Å². The minimum Gasteiger partial charge on any atom is -0.476 e. The number of aromatic nitrogens is 3. The van der Waals surface area contributed by atoms with E-state index in [2.05, 4.69) is 16.9 Å². The van der Waals surface area contributed by atoms with Gasteiger partial charge in [0.25, 0.3) is 0 Å². The molecule has 0 aliphatic carbocycles. The first kappa shape index (κ1) is 14.0. The molecule has 0 unspecified atom stereocenters. The van der Waals surface area contributed by atoms with Gasteiger partial charge in [-0.25, -0.2) is 9.48 Å². The van der Waals surface area contributed by atoms with Crippen molar-refractivity contribution in [1.29, 1.82) is 0 Å². The highest BCUT2D eigenvalue weighted by Gasteiger charge is 2.15. The third-order valence-corrected chi connectivity index (χ3v) is 2.83. The smallest absolute Gasteiger partial charge is 0.358 e. The maximum absolute atomic E-state index is 11.1. The Morgan fingerprint density at radius 2 is 2.05 bits per heavy atom. The zero-order valence-corrected chi connectivity index (χ0v) is 11.3. The molecule has 0 saturated carbocycles. The van der Waals surface area contributed by atoms with Crippen molar-refractivity contribution >= 4 is 29.7 Å². The maximum atomic E-state index is 11.1. The molecule has 1 aromatic carbocycles. The molecule has 0 amide bonds. The van der Waals surface area contributed by atoms with Crippen LogP contribution >= 0.6 is 11.6 Å². The SMILES string of the molecule is C=CCn1nnc(C(=O)O)c1/C=C/c1ccc(Cl)cc1. The Bertz CT molecular complexity index is 660. The lowest BCUT2D eigenvalue weighted by molar-refractivity contribution is 0.0690. The van der Waals surface area contributed by atoms with Gasteiger partial charge in [-0.3, -0.25) is 0 Å². The van der Waals surface area contributed by atoms with Gasteiger partial charge in [0.1, 0.15) is 0 Å². The van der Waals surface area contributed by atoms with E-state index in [-0.39, 0.29) is 5.69 Å². The molecule has 1 N–H and O–H groups in total. The molecule has 0 radical (unpaired) electrons. The Hall–Kier alpha value is -2.40. The average molecular weight is 290 g/mol. The first-order chi connectivity index (χ1) is 9.61. The summed E-state index contributed by atoms with van der Waals surface area (Å²) in [6.45, 7) is 3.99. The lowest BCUT2D eigenvalue weighted by Crippen LogP contribution is -2.03.